The minimum Gasteiger partial charge on any atom is -0.497 e. The third-order valence-electron chi connectivity index (χ3n) is 4.72. The van der Waals surface area contributed by atoms with Gasteiger partial charge < -0.3 is 10.1 Å². The number of carbonyl (C=O) groups is 1. The van der Waals surface area contributed by atoms with Crippen LogP contribution in [0.25, 0.3) is 0 Å². The summed E-state index contributed by atoms with van der Waals surface area (Å²) in [5, 5.41) is 3.07. The van der Waals surface area contributed by atoms with Gasteiger partial charge in [0.1, 0.15) is 5.75 Å². The van der Waals surface area contributed by atoms with Gasteiger partial charge in [0.15, 0.2) is 0 Å². The molecule has 1 N–H and O–H groups in total. The molecule has 1 aromatic rings. The SMILES string of the molecule is COc1ccc(NC(=O)C2CC(C)CCC2C(C)C)cc1. The summed E-state index contributed by atoms with van der Waals surface area (Å²) in [4.78, 5) is 12.6. The molecular weight excluding hydrogens is 262 g/mol. The third kappa shape index (κ3) is 3.99. The van der Waals surface area contributed by atoms with E-state index in [0.717, 1.165) is 17.9 Å². The summed E-state index contributed by atoms with van der Waals surface area (Å²) in [6, 6.07) is 7.54. The smallest absolute Gasteiger partial charge is 0.227 e. The molecule has 1 amide bonds. The number of hydrogen-bond donors (Lipinski definition) is 1. The number of benzene rings is 1. The molecule has 3 atom stereocenters. The summed E-state index contributed by atoms with van der Waals surface area (Å²) in [7, 11) is 1.64. The van der Waals surface area contributed by atoms with Crippen molar-refractivity contribution in [3.05, 3.63) is 24.3 Å². The van der Waals surface area contributed by atoms with Crippen LogP contribution in [0.15, 0.2) is 24.3 Å². The van der Waals surface area contributed by atoms with E-state index >= 15 is 0 Å². The van der Waals surface area contributed by atoms with Crippen LogP contribution < -0.4 is 10.1 Å². The van der Waals surface area contributed by atoms with E-state index in [1.807, 2.05) is 24.3 Å². The molecule has 0 bridgehead atoms. The zero-order valence-corrected chi connectivity index (χ0v) is 13.6. The highest BCUT2D eigenvalue weighted by atomic mass is 16.5. The lowest BCUT2D eigenvalue weighted by Gasteiger charge is -2.36. The van der Waals surface area contributed by atoms with Gasteiger partial charge in [-0.2, -0.15) is 0 Å². The molecule has 0 heterocycles. The van der Waals surface area contributed by atoms with Gasteiger partial charge in [0.2, 0.25) is 5.91 Å². The highest BCUT2D eigenvalue weighted by molar-refractivity contribution is 5.92. The first kappa shape index (κ1) is 15.9. The van der Waals surface area contributed by atoms with Crippen LogP contribution in [0.5, 0.6) is 5.75 Å². The standard InChI is InChI=1S/C18H27NO2/c1-12(2)16-10-5-13(3)11-17(16)18(20)19-14-6-8-15(21-4)9-7-14/h6-9,12-13,16-17H,5,10-11H2,1-4H3,(H,19,20). The molecule has 116 valence electrons. The van der Waals surface area contributed by atoms with Crippen molar-refractivity contribution >= 4 is 11.6 Å². The second-order valence-electron chi connectivity index (χ2n) is 6.65. The third-order valence-corrected chi connectivity index (χ3v) is 4.72. The Balaban J connectivity index is 2.05. The molecule has 3 nitrogen and oxygen atoms in total. The number of hydrogen-bond acceptors (Lipinski definition) is 2. The minimum absolute atomic E-state index is 0.135. The van der Waals surface area contributed by atoms with Crippen molar-refractivity contribution in [2.75, 3.05) is 12.4 Å². The predicted molar refractivity (Wildman–Crippen MR) is 86.5 cm³/mol. The Bertz CT molecular complexity index is 467. The highest BCUT2D eigenvalue weighted by Gasteiger charge is 2.35. The molecule has 2 rings (SSSR count). The zero-order chi connectivity index (χ0) is 15.4. The van der Waals surface area contributed by atoms with Gasteiger partial charge in [0.25, 0.3) is 0 Å². The highest BCUT2D eigenvalue weighted by Crippen LogP contribution is 2.38. The Morgan fingerprint density at radius 2 is 1.90 bits per heavy atom. The first-order chi connectivity index (χ1) is 10.0. The Labute approximate surface area is 128 Å². The molecule has 0 spiro atoms. The molecule has 1 aliphatic rings. The quantitative estimate of drug-likeness (QED) is 0.895. The fourth-order valence-electron chi connectivity index (χ4n) is 3.41. The minimum atomic E-state index is 0.135. The number of ether oxygens (including phenoxy) is 1. The van der Waals surface area contributed by atoms with E-state index in [9.17, 15) is 4.79 Å². The summed E-state index contributed by atoms with van der Waals surface area (Å²) < 4.78 is 5.14. The number of rotatable bonds is 4. The van der Waals surface area contributed by atoms with Crippen LogP contribution in [0.3, 0.4) is 0 Å². The molecule has 1 fully saturated rings. The van der Waals surface area contributed by atoms with Crippen molar-refractivity contribution in [1.82, 2.24) is 0 Å². The number of methoxy groups -OCH3 is 1. The van der Waals surface area contributed by atoms with Crippen LogP contribution in [0.1, 0.15) is 40.0 Å². The molecule has 0 saturated heterocycles. The first-order valence-electron chi connectivity index (χ1n) is 7.96. The summed E-state index contributed by atoms with van der Waals surface area (Å²) in [5.41, 5.74) is 0.849. The van der Waals surface area contributed by atoms with Crippen LogP contribution in [0.4, 0.5) is 5.69 Å². The number of nitrogens with one attached hydrogen (secondary N) is 1. The Kier molecular flexibility index (Phi) is 5.27. The van der Waals surface area contributed by atoms with Crippen molar-refractivity contribution in [2.45, 2.75) is 40.0 Å². The van der Waals surface area contributed by atoms with E-state index in [1.165, 1.54) is 12.8 Å². The van der Waals surface area contributed by atoms with Crippen LogP contribution in [-0.2, 0) is 4.79 Å². The van der Waals surface area contributed by atoms with Crippen molar-refractivity contribution in [2.24, 2.45) is 23.7 Å². The lowest BCUT2D eigenvalue weighted by molar-refractivity contribution is -0.123. The lowest BCUT2D eigenvalue weighted by atomic mass is 9.70. The maximum atomic E-state index is 12.6. The van der Waals surface area contributed by atoms with E-state index in [0.29, 0.717) is 17.8 Å². The molecule has 0 aromatic heterocycles. The Hall–Kier alpha value is -1.51. The molecule has 1 aromatic carbocycles. The molecule has 0 aliphatic heterocycles. The zero-order valence-electron chi connectivity index (χ0n) is 13.6. The second-order valence-corrected chi connectivity index (χ2v) is 6.65. The van der Waals surface area contributed by atoms with Gasteiger partial charge >= 0.3 is 0 Å². The van der Waals surface area contributed by atoms with Crippen LogP contribution in [0, 0.1) is 23.7 Å². The molecule has 1 saturated carbocycles. The largest absolute Gasteiger partial charge is 0.497 e. The van der Waals surface area contributed by atoms with Gasteiger partial charge in [-0.1, -0.05) is 27.2 Å². The van der Waals surface area contributed by atoms with Crippen LogP contribution in [-0.4, -0.2) is 13.0 Å². The Morgan fingerprint density at radius 3 is 2.48 bits per heavy atom. The van der Waals surface area contributed by atoms with Gasteiger partial charge in [-0.15, -0.1) is 0 Å². The summed E-state index contributed by atoms with van der Waals surface area (Å²) in [6.07, 6.45) is 3.42. The molecule has 0 radical (unpaired) electrons. The number of amides is 1. The topological polar surface area (TPSA) is 38.3 Å². The van der Waals surface area contributed by atoms with Gasteiger partial charge in [0.05, 0.1) is 7.11 Å². The van der Waals surface area contributed by atoms with Crippen molar-refractivity contribution < 1.29 is 9.53 Å². The lowest BCUT2D eigenvalue weighted by Crippen LogP contribution is -2.36. The Morgan fingerprint density at radius 1 is 1.24 bits per heavy atom. The summed E-state index contributed by atoms with van der Waals surface area (Å²) in [5.74, 6) is 2.82. The monoisotopic (exact) mass is 289 g/mol. The normalized spacial score (nSPS) is 25.7. The van der Waals surface area contributed by atoms with E-state index < -0.39 is 0 Å². The van der Waals surface area contributed by atoms with Crippen LogP contribution in [0.2, 0.25) is 0 Å². The van der Waals surface area contributed by atoms with Crippen LogP contribution >= 0.6 is 0 Å². The molecule has 21 heavy (non-hydrogen) atoms. The maximum absolute atomic E-state index is 12.6. The molecular formula is C18H27NO2. The van der Waals surface area contributed by atoms with Crippen molar-refractivity contribution in [1.29, 1.82) is 0 Å². The predicted octanol–water partition coefficient (Wildman–Crippen LogP) is 4.34. The van der Waals surface area contributed by atoms with E-state index in [1.54, 1.807) is 7.11 Å². The van der Waals surface area contributed by atoms with Gasteiger partial charge in [-0.3, -0.25) is 4.79 Å². The molecule has 3 heteroatoms. The molecule has 3 unspecified atom stereocenters. The fourth-order valence-corrected chi connectivity index (χ4v) is 3.41. The molecule has 1 aliphatic carbocycles. The second kappa shape index (κ2) is 6.97. The van der Waals surface area contributed by atoms with E-state index in [2.05, 4.69) is 26.1 Å². The summed E-state index contributed by atoms with van der Waals surface area (Å²) in [6.45, 7) is 6.72. The summed E-state index contributed by atoms with van der Waals surface area (Å²) >= 11 is 0. The fraction of sp³-hybridized carbons (Fsp3) is 0.611. The maximum Gasteiger partial charge on any atom is 0.227 e. The van der Waals surface area contributed by atoms with Crippen molar-refractivity contribution in [3.63, 3.8) is 0 Å². The van der Waals surface area contributed by atoms with Gasteiger partial charge in [0, 0.05) is 11.6 Å². The van der Waals surface area contributed by atoms with Crippen molar-refractivity contribution in [3.8, 4) is 5.75 Å². The number of carbonyl (C=O) groups excluding carboxylic acids is 1. The number of anilines is 1. The first-order valence-corrected chi connectivity index (χ1v) is 7.96. The van der Waals surface area contributed by atoms with Gasteiger partial charge in [-0.05, 0) is 54.9 Å². The van der Waals surface area contributed by atoms with E-state index in [-0.39, 0.29) is 11.8 Å². The average Bonchev–Trinajstić information content (AvgIpc) is 2.47. The van der Waals surface area contributed by atoms with E-state index in [4.69, 9.17) is 4.74 Å². The van der Waals surface area contributed by atoms with Gasteiger partial charge in [-0.25, -0.2) is 0 Å². The average molecular weight is 289 g/mol.